The van der Waals surface area contributed by atoms with Crippen LogP contribution in [0.1, 0.15) is 18.4 Å². The highest BCUT2D eigenvalue weighted by atomic mass is 32.2. The van der Waals surface area contributed by atoms with Crippen molar-refractivity contribution in [2.75, 3.05) is 26.7 Å². The average Bonchev–Trinajstić information content (AvgIpc) is 3.24. The molecule has 1 aliphatic rings. The molecule has 0 radical (unpaired) electrons. The molecule has 8 heteroatoms. The van der Waals surface area contributed by atoms with Crippen molar-refractivity contribution in [2.45, 2.75) is 23.5 Å². The molecular formula is C19H24N2O4S2. The Kier molecular flexibility index (Phi) is 6.51. The van der Waals surface area contributed by atoms with Gasteiger partial charge in [-0.1, -0.05) is 18.2 Å². The molecule has 1 aromatic heterocycles. The van der Waals surface area contributed by atoms with Crippen LogP contribution in [-0.4, -0.2) is 45.4 Å². The summed E-state index contributed by atoms with van der Waals surface area (Å²) in [5, 5.41) is 4.73. The van der Waals surface area contributed by atoms with E-state index >= 15 is 0 Å². The highest BCUT2D eigenvalue weighted by Gasteiger charge is 2.32. The van der Waals surface area contributed by atoms with Crippen molar-refractivity contribution in [3.8, 4) is 5.75 Å². The van der Waals surface area contributed by atoms with Crippen LogP contribution < -0.4 is 10.1 Å². The molecule has 27 heavy (non-hydrogen) atoms. The van der Waals surface area contributed by atoms with Gasteiger partial charge in [-0.2, -0.15) is 4.31 Å². The molecular weight excluding hydrogens is 384 g/mol. The first-order valence-electron chi connectivity index (χ1n) is 8.95. The molecule has 146 valence electrons. The summed E-state index contributed by atoms with van der Waals surface area (Å²) in [5.74, 6) is 0.694. The standard InChI is InChI=1S/C19H24N2O4S2/c1-25-17-6-4-15(5-7-17)8-11-20-19(22)16-9-12-21(13-10-16)27(23,24)18-3-2-14-26-18/h2-7,14,16H,8-13H2,1H3,(H,20,22). The molecule has 3 rings (SSSR count). The molecule has 1 amide bonds. The quantitative estimate of drug-likeness (QED) is 0.764. The monoisotopic (exact) mass is 408 g/mol. The molecule has 0 bridgehead atoms. The van der Waals surface area contributed by atoms with Crippen molar-refractivity contribution < 1.29 is 17.9 Å². The highest BCUT2D eigenvalue weighted by molar-refractivity contribution is 7.91. The van der Waals surface area contributed by atoms with Gasteiger partial charge in [-0.25, -0.2) is 8.42 Å². The van der Waals surface area contributed by atoms with Gasteiger partial charge in [0.25, 0.3) is 10.0 Å². The number of amides is 1. The fourth-order valence-corrected chi connectivity index (χ4v) is 5.78. The molecule has 0 unspecified atom stereocenters. The number of nitrogens with zero attached hydrogens (tertiary/aromatic N) is 1. The Balaban J connectivity index is 1.44. The summed E-state index contributed by atoms with van der Waals surface area (Å²) in [6.45, 7) is 1.34. The molecule has 1 fully saturated rings. The van der Waals surface area contributed by atoms with Crippen LogP contribution >= 0.6 is 11.3 Å². The Morgan fingerprint density at radius 3 is 2.52 bits per heavy atom. The maximum absolute atomic E-state index is 12.5. The Bertz CT molecular complexity index is 840. The van der Waals surface area contributed by atoms with E-state index in [-0.39, 0.29) is 11.8 Å². The van der Waals surface area contributed by atoms with E-state index in [1.807, 2.05) is 24.3 Å². The first-order valence-corrected chi connectivity index (χ1v) is 11.3. The third-order valence-electron chi connectivity index (χ3n) is 4.79. The lowest BCUT2D eigenvalue weighted by Gasteiger charge is -2.30. The summed E-state index contributed by atoms with van der Waals surface area (Å²) in [7, 11) is -1.79. The van der Waals surface area contributed by atoms with Crippen molar-refractivity contribution in [1.29, 1.82) is 0 Å². The predicted octanol–water partition coefficient (Wildman–Crippen LogP) is 2.52. The predicted molar refractivity (Wildman–Crippen MR) is 106 cm³/mol. The van der Waals surface area contributed by atoms with E-state index in [0.29, 0.717) is 36.7 Å². The van der Waals surface area contributed by atoms with Gasteiger partial charge in [-0.15, -0.1) is 11.3 Å². The van der Waals surface area contributed by atoms with Gasteiger partial charge < -0.3 is 10.1 Å². The molecule has 1 aliphatic heterocycles. The molecule has 0 aliphatic carbocycles. The van der Waals surface area contributed by atoms with E-state index in [1.165, 1.54) is 15.6 Å². The number of thiophene rings is 1. The minimum absolute atomic E-state index is 0.0108. The second-order valence-corrected chi connectivity index (χ2v) is 9.61. The van der Waals surface area contributed by atoms with Gasteiger partial charge in [-0.05, 0) is 48.4 Å². The zero-order chi connectivity index (χ0) is 19.3. The molecule has 0 spiro atoms. The lowest BCUT2D eigenvalue weighted by molar-refractivity contribution is -0.126. The number of carbonyl (C=O) groups excluding carboxylic acids is 1. The fourth-order valence-electron chi connectivity index (χ4n) is 3.16. The SMILES string of the molecule is COc1ccc(CCNC(=O)C2CCN(S(=O)(=O)c3cccs3)CC2)cc1. The summed E-state index contributed by atoms with van der Waals surface area (Å²) in [6, 6.07) is 11.1. The largest absolute Gasteiger partial charge is 0.497 e. The molecule has 1 N–H and O–H groups in total. The number of ether oxygens (including phenoxy) is 1. The number of sulfonamides is 1. The molecule has 2 aromatic rings. The molecule has 0 atom stereocenters. The minimum Gasteiger partial charge on any atom is -0.497 e. The second kappa shape index (κ2) is 8.86. The van der Waals surface area contributed by atoms with Crippen LogP contribution in [0.4, 0.5) is 0 Å². The van der Waals surface area contributed by atoms with Crippen LogP contribution in [0.3, 0.4) is 0 Å². The van der Waals surface area contributed by atoms with Crippen LogP contribution in [0.2, 0.25) is 0 Å². The zero-order valence-electron chi connectivity index (χ0n) is 15.3. The number of carbonyl (C=O) groups is 1. The Labute approximate surface area is 164 Å². The number of hydrogen-bond donors (Lipinski definition) is 1. The number of benzene rings is 1. The number of methoxy groups -OCH3 is 1. The fraction of sp³-hybridized carbons (Fsp3) is 0.421. The molecule has 0 saturated carbocycles. The Morgan fingerprint density at radius 1 is 1.22 bits per heavy atom. The van der Waals surface area contributed by atoms with Gasteiger partial charge >= 0.3 is 0 Å². The normalized spacial score (nSPS) is 16.2. The van der Waals surface area contributed by atoms with Gasteiger partial charge in [0.05, 0.1) is 7.11 Å². The van der Waals surface area contributed by atoms with E-state index in [0.717, 1.165) is 17.7 Å². The van der Waals surface area contributed by atoms with Crippen LogP contribution in [0, 0.1) is 5.92 Å². The average molecular weight is 409 g/mol. The van der Waals surface area contributed by atoms with Gasteiger partial charge in [0.2, 0.25) is 5.91 Å². The topological polar surface area (TPSA) is 75.7 Å². The van der Waals surface area contributed by atoms with Crippen molar-refractivity contribution >= 4 is 27.3 Å². The van der Waals surface area contributed by atoms with Crippen LogP contribution in [0.5, 0.6) is 5.75 Å². The van der Waals surface area contributed by atoms with E-state index in [2.05, 4.69) is 5.32 Å². The van der Waals surface area contributed by atoms with Gasteiger partial charge in [0, 0.05) is 25.6 Å². The van der Waals surface area contributed by atoms with Crippen LogP contribution in [0.15, 0.2) is 46.0 Å². The Morgan fingerprint density at radius 2 is 1.93 bits per heavy atom. The maximum atomic E-state index is 12.5. The zero-order valence-corrected chi connectivity index (χ0v) is 16.9. The van der Waals surface area contributed by atoms with E-state index in [1.54, 1.807) is 24.6 Å². The van der Waals surface area contributed by atoms with E-state index < -0.39 is 10.0 Å². The number of hydrogen-bond acceptors (Lipinski definition) is 5. The van der Waals surface area contributed by atoms with Crippen molar-refractivity contribution in [3.63, 3.8) is 0 Å². The van der Waals surface area contributed by atoms with Gasteiger partial charge in [-0.3, -0.25) is 4.79 Å². The molecule has 1 aromatic carbocycles. The summed E-state index contributed by atoms with van der Waals surface area (Å²) < 4.78 is 32.0. The summed E-state index contributed by atoms with van der Waals surface area (Å²) in [6.07, 6.45) is 1.86. The van der Waals surface area contributed by atoms with Crippen LogP contribution in [0.25, 0.3) is 0 Å². The first kappa shape index (κ1) is 19.9. The Hall–Kier alpha value is -1.90. The third-order valence-corrected chi connectivity index (χ3v) is 8.06. The third kappa shape index (κ3) is 4.88. The van der Waals surface area contributed by atoms with Crippen molar-refractivity contribution in [2.24, 2.45) is 5.92 Å². The summed E-state index contributed by atoms with van der Waals surface area (Å²) >= 11 is 1.23. The number of rotatable bonds is 7. The number of nitrogens with one attached hydrogen (secondary N) is 1. The molecule has 1 saturated heterocycles. The van der Waals surface area contributed by atoms with Gasteiger partial charge in [0.15, 0.2) is 0 Å². The smallest absolute Gasteiger partial charge is 0.252 e. The molecule has 6 nitrogen and oxygen atoms in total. The van der Waals surface area contributed by atoms with Crippen molar-refractivity contribution in [1.82, 2.24) is 9.62 Å². The minimum atomic E-state index is -3.42. The summed E-state index contributed by atoms with van der Waals surface area (Å²) in [4.78, 5) is 12.4. The van der Waals surface area contributed by atoms with E-state index in [9.17, 15) is 13.2 Å². The first-order chi connectivity index (χ1) is 13.0. The molecule has 2 heterocycles. The maximum Gasteiger partial charge on any atom is 0.252 e. The van der Waals surface area contributed by atoms with Crippen LogP contribution in [-0.2, 0) is 21.2 Å². The second-order valence-electron chi connectivity index (χ2n) is 6.50. The van der Waals surface area contributed by atoms with Gasteiger partial charge in [0.1, 0.15) is 9.96 Å². The lowest BCUT2D eigenvalue weighted by Crippen LogP contribution is -2.43. The number of piperidine rings is 1. The highest BCUT2D eigenvalue weighted by Crippen LogP contribution is 2.26. The summed E-state index contributed by atoms with van der Waals surface area (Å²) in [5.41, 5.74) is 1.13. The lowest BCUT2D eigenvalue weighted by atomic mass is 9.97. The van der Waals surface area contributed by atoms with E-state index in [4.69, 9.17) is 4.74 Å². The van der Waals surface area contributed by atoms with Crippen molar-refractivity contribution in [3.05, 3.63) is 47.3 Å².